The number of hydrogen-bond acceptors (Lipinski definition) is 10. The Morgan fingerprint density at radius 3 is 1.49 bits per heavy atom. The molecule has 188 valence electrons. The van der Waals surface area contributed by atoms with Crippen molar-refractivity contribution in [2.45, 2.75) is 50.7 Å². The van der Waals surface area contributed by atoms with Crippen molar-refractivity contribution in [3.8, 4) is 11.5 Å². The van der Waals surface area contributed by atoms with Crippen molar-refractivity contribution in [3.05, 3.63) is 68.8 Å². The lowest BCUT2D eigenvalue weighted by atomic mass is 9.96. The van der Waals surface area contributed by atoms with E-state index >= 15 is 0 Å². The molecule has 0 saturated heterocycles. The molecule has 4 rings (SSSR count). The van der Waals surface area contributed by atoms with Gasteiger partial charge in [-0.05, 0) is 62.8 Å². The normalized spacial score (nSPS) is 14.3. The molecule has 2 saturated carbocycles. The molecule has 0 aromatic heterocycles. The van der Waals surface area contributed by atoms with Gasteiger partial charge in [-0.2, -0.15) is 0 Å². The van der Waals surface area contributed by atoms with E-state index in [9.17, 15) is 29.8 Å². The Morgan fingerprint density at radius 2 is 1.20 bits per heavy atom. The molecule has 0 radical (unpaired) electrons. The van der Waals surface area contributed by atoms with Crippen molar-refractivity contribution in [1.82, 2.24) is 0 Å². The fourth-order valence-corrected chi connectivity index (χ4v) is 2.59. The number of nitro groups is 2. The SMILES string of the molecule is O=C(Cl)Oc1ccc([N+](=O)[O-])cc1.O=C(Oc1ccc([N+](=O)[O-])cc1)OC1CCC1.OC1CCC1. The number of carbonyl (C=O) groups excluding carboxylic acids is 2. The Hall–Kier alpha value is -3.77. The Labute approximate surface area is 204 Å². The van der Waals surface area contributed by atoms with E-state index in [1.165, 1.54) is 55.0 Å². The minimum absolute atomic E-state index is 0.0412. The number of ether oxygens (including phenoxy) is 3. The van der Waals surface area contributed by atoms with Crippen LogP contribution in [0.2, 0.25) is 0 Å². The lowest BCUT2D eigenvalue weighted by molar-refractivity contribution is -0.385. The molecule has 2 fully saturated rings. The van der Waals surface area contributed by atoms with Gasteiger partial charge in [0.15, 0.2) is 0 Å². The number of benzene rings is 2. The third-order valence-corrected chi connectivity index (χ3v) is 4.96. The number of carbonyl (C=O) groups is 2. The van der Waals surface area contributed by atoms with E-state index in [2.05, 4.69) is 4.74 Å². The molecule has 1 N–H and O–H groups in total. The summed E-state index contributed by atoms with van der Waals surface area (Å²) in [6.07, 6.45) is 5.39. The first kappa shape index (κ1) is 27.5. The number of halogens is 1. The quantitative estimate of drug-likeness (QED) is 0.177. The van der Waals surface area contributed by atoms with Crippen LogP contribution in [0.4, 0.5) is 21.0 Å². The Balaban J connectivity index is 0.000000211. The number of hydrogen-bond donors (Lipinski definition) is 1. The number of aliphatic hydroxyl groups excluding tert-OH is 1. The van der Waals surface area contributed by atoms with Gasteiger partial charge in [-0.15, -0.1) is 0 Å². The molecule has 0 amide bonds. The number of rotatable bonds is 5. The van der Waals surface area contributed by atoms with Crippen molar-refractivity contribution in [2.75, 3.05) is 0 Å². The molecule has 0 spiro atoms. The maximum absolute atomic E-state index is 11.3. The summed E-state index contributed by atoms with van der Waals surface area (Å²) in [5.74, 6) is 0.408. The molecule has 13 heteroatoms. The first-order valence-electron chi connectivity index (χ1n) is 10.6. The van der Waals surface area contributed by atoms with E-state index in [1.54, 1.807) is 0 Å². The maximum Gasteiger partial charge on any atom is 0.514 e. The average Bonchev–Trinajstić information content (AvgIpc) is 2.76. The molecule has 2 aromatic carbocycles. The van der Waals surface area contributed by atoms with Gasteiger partial charge in [0.2, 0.25) is 0 Å². The zero-order chi connectivity index (χ0) is 25.8. The standard InChI is InChI=1S/C11H11NO5.C7H4ClNO4.C4H8O/c13-11(16-9-2-1-3-9)17-10-6-4-8(5-7-10)12(14)15;8-7(10)13-6-3-1-5(2-4-6)9(11)12;5-4-2-1-3-4/h4-7,9H,1-3H2;1-4H;4-5H,1-3H2. The summed E-state index contributed by atoms with van der Waals surface area (Å²) < 4.78 is 14.3. The lowest BCUT2D eigenvalue weighted by Gasteiger charge is -2.24. The summed E-state index contributed by atoms with van der Waals surface area (Å²) in [6, 6.07) is 10.3. The zero-order valence-corrected chi connectivity index (χ0v) is 19.2. The summed E-state index contributed by atoms with van der Waals surface area (Å²) in [4.78, 5) is 41.0. The van der Waals surface area contributed by atoms with Crippen LogP contribution in [0.1, 0.15) is 38.5 Å². The Kier molecular flexibility index (Phi) is 10.8. The Morgan fingerprint density at radius 1 is 0.800 bits per heavy atom. The van der Waals surface area contributed by atoms with E-state index in [-0.39, 0.29) is 35.1 Å². The van der Waals surface area contributed by atoms with E-state index in [0.29, 0.717) is 0 Å². The van der Waals surface area contributed by atoms with Crippen LogP contribution in [-0.2, 0) is 4.74 Å². The van der Waals surface area contributed by atoms with E-state index < -0.39 is 21.4 Å². The van der Waals surface area contributed by atoms with E-state index in [1.807, 2.05) is 0 Å². The number of non-ortho nitro benzene ring substituents is 2. The van der Waals surface area contributed by atoms with Crippen molar-refractivity contribution in [3.63, 3.8) is 0 Å². The molecular weight excluding hydrogens is 488 g/mol. The van der Waals surface area contributed by atoms with Crippen LogP contribution >= 0.6 is 11.6 Å². The molecule has 2 aliphatic rings. The van der Waals surface area contributed by atoms with Crippen LogP contribution in [-0.4, -0.2) is 38.7 Å². The predicted octanol–water partition coefficient (Wildman–Crippen LogP) is 5.53. The topological polar surface area (TPSA) is 168 Å². The third kappa shape index (κ3) is 10.4. The predicted molar refractivity (Wildman–Crippen MR) is 123 cm³/mol. The minimum Gasteiger partial charge on any atom is -0.431 e. The van der Waals surface area contributed by atoms with Crippen LogP contribution in [0.25, 0.3) is 0 Å². The maximum atomic E-state index is 11.3. The van der Waals surface area contributed by atoms with Crippen LogP contribution < -0.4 is 9.47 Å². The highest BCUT2D eigenvalue weighted by atomic mass is 35.5. The highest BCUT2D eigenvalue weighted by Gasteiger charge is 2.22. The monoisotopic (exact) mass is 510 g/mol. The fraction of sp³-hybridized carbons (Fsp3) is 0.364. The first-order valence-corrected chi connectivity index (χ1v) is 10.9. The smallest absolute Gasteiger partial charge is 0.431 e. The molecule has 2 aliphatic carbocycles. The second-order valence-corrected chi connectivity index (χ2v) is 7.76. The van der Waals surface area contributed by atoms with Crippen molar-refractivity contribution < 1.29 is 38.8 Å². The summed E-state index contributed by atoms with van der Waals surface area (Å²) in [5.41, 5.74) is -1.10. The molecule has 35 heavy (non-hydrogen) atoms. The largest absolute Gasteiger partial charge is 0.514 e. The molecule has 0 bridgehead atoms. The number of aliphatic hydroxyl groups is 1. The number of nitro benzene ring substituents is 2. The van der Waals surface area contributed by atoms with Gasteiger partial charge in [0.25, 0.3) is 11.4 Å². The van der Waals surface area contributed by atoms with Gasteiger partial charge in [0, 0.05) is 35.9 Å². The molecule has 0 heterocycles. The average molecular weight is 511 g/mol. The lowest BCUT2D eigenvalue weighted by Crippen LogP contribution is -2.26. The molecule has 0 atom stereocenters. The van der Waals surface area contributed by atoms with E-state index in [4.69, 9.17) is 26.2 Å². The summed E-state index contributed by atoms with van der Waals surface area (Å²) >= 11 is 4.92. The molecule has 0 unspecified atom stereocenters. The van der Waals surface area contributed by atoms with Crippen molar-refractivity contribution >= 4 is 34.6 Å². The summed E-state index contributed by atoms with van der Waals surface area (Å²) in [5, 5.41) is 29.1. The van der Waals surface area contributed by atoms with Crippen molar-refractivity contribution in [1.29, 1.82) is 0 Å². The van der Waals surface area contributed by atoms with Gasteiger partial charge in [-0.25, -0.2) is 9.59 Å². The van der Waals surface area contributed by atoms with Gasteiger partial charge in [-0.3, -0.25) is 20.2 Å². The highest BCUT2D eigenvalue weighted by Crippen LogP contribution is 2.23. The molecule has 0 aliphatic heterocycles. The zero-order valence-electron chi connectivity index (χ0n) is 18.4. The van der Waals surface area contributed by atoms with Crippen LogP contribution in [0, 0.1) is 20.2 Å². The second kappa shape index (κ2) is 13.8. The first-order chi connectivity index (χ1) is 16.6. The van der Waals surface area contributed by atoms with Gasteiger partial charge in [-0.1, -0.05) is 0 Å². The van der Waals surface area contributed by atoms with Gasteiger partial charge in [0.05, 0.1) is 16.0 Å². The second-order valence-electron chi connectivity index (χ2n) is 7.45. The highest BCUT2D eigenvalue weighted by molar-refractivity contribution is 6.61. The number of nitrogens with zero attached hydrogens (tertiary/aromatic N) is 2. The summed E-state index contributed by atoms with van der Waals surface area (Å²) in [7, 11) is 0. The van der Waals surface area contributed by atoms with Gasteiger partial charge < -0.3 is 19.3 Å². The van der Waals surface area contributed by atoms with E-state index in [0.717, 1.165) is 32.1 Å². The van der Waals surface area contributed by atoms with Crippen molar-refractivity contribution in [2.24, 2.45) is 0 Å². The third-order valence-electron chi connectivity index (χ3n) is 4.88. The summed E-state index contributed by atoms with van der Waals surface area (Å²) in [6.45, 7) is 0. The van der Waals surface area contributed by atoms with Gasteiger partial charge in [0.1, 0.15) is 17.6 Å². The molecule has 12 nitrogen and oxygen atoms in total. The molecule has 2 aromatic rings. The molecular formula is C22H23ClN2O10. The van der Waals surface area contributed by atoms with Gasteiger partial charge >= 0.3 is 11.6 Å². The minimum atomic E-state index is -0.978. The fourth-order valence-electron chi connectivity index (χ4n) is 2.50. The Bertz CT molecular complexity index is 1010. The van der Waals surface area contributed by atoms with Crippen LogP contribution in [0.3, 0.4) is 0 Å². The van der Waals surface area contributed by atoms with Crippen LogP contribution in [0.5, 0.6) is 11.5 Å². The van der Waals surface area contributed by atoms with Crippen LogP contribution in [0.15, 0.2) is 48.5 Å².